The van der Waals surface area contributed by atoms with Crippen LogP contribution in [0.4, 0.5) is 11.4 Å². The van der Waals surface area contributed by atoms with E-state index in [-0.39, 0.29) is 28.9 Å². The van der Waals surface area contributed by atoms with Crippen molar-refractivity contribution in [1.29, 1.82) is 0 Å². The van der Waals surface area contributed by atoms with E-state index in [1.54, 1.807) is 6.07 Å². The smallest absolute Gasteiger partial charge is 0.294 e. The molecule has 1 fully saturated rings. The van der Waals surface area contributed by atoms with Gasteiger partial charge in [0.25, 0.3) is 11.6 Å². The van der Waals surface area contributed by atoms with Crippen molar-refractivity contribution in [2.24, 2.45) is 5.84 Å². The number of nitrogen functional groups attached to an aromatic ring is 1. The fraction of sp³-hybridized carbons (Fsp3) is 0.500. The Morgan fingerprint density at radius 1 is 1.52 bits per heavy atom. The minimum atomic E-state index is -0.542. The highest BCUT2D eigenvalue weighted by Gasteiger charge is 2.29. The summed E-state index contributed by atoms with van der Waals surface area (Å²) in [7, 11) is 0. The molecule has 1 unspecified atom stereocenters. The molecular weight excluding hydrogens is 272 g/mol. The van der Waals surface area contributed by atoms with Crippen LogP contribution in [0.1, 0.15) is 43.0 Å². The van der Waals surface area contributed by atoms with Gasteiger partial charge in [-0.15, -0.1) is 0 Å². The lowest BCUT2D eigenvalue weighted by Crippen LogP contribution is -2.43. The number of benzene rings is 1. The SMILES string of the molecule is CCC1CCCCN1C(=O)c1cccc([N+](=O)[O-])c1NN. The molecule has 0 spiro atoms. The van der Waals surface area contributed by atoms with E-state index < -0.39 is 4.92 Å². The van der Waals surface area contributed by atoms with Crippen LogP contribution in [0.25, 0.3) is 0 Å². The monoisotopic (exact) mass is 292 g/mol. The summed E-state index contributed by atoms with van der Waals surface area (Å²) in [5, 5.41) is 11.0. The van der Waals surface area contributed by atoms with Crippen LogP contribution in [0, 0.1) is 10.1 Å². The molecule has 0 aliphatic carbocycles. The van der Waals surface area contributed by atoms with Crippen LogP contribution in [0.15, 0.2) is 18.2 Å². The first-order valence-corrected chi connectivity index (χ1v) is 7.15. The van der Waals surface area contributed by atoms with E-state index in [1.807, 2.05) is 11.8 Å². The van der Waals surface area contributed by atoms with E-state index in [0.717, 1.165) is 25.7 Å². The fourth-order valence-electron chi connectivity index (χ4n) is 2.87. The highest BCUT2D eigenvalue weighted by Crippen LogP contribution is 2.30. The number of para-hydroxylation sites is 1. The summed E-state index contributed by atoms with van der Waals surface area (Å²) < 4.78 is 0. The molecular formula is C14H20N4O3. The molecule has 2 rings (SSSR count). The average molecular weight is 292 g/mol. The molecule has 1 saturated heterocycles. The topological polar surface area (TPSA) is 102 Å². The summed E-state index contributed by atoms with van der Waals surface area (Å²) in [6.07, 6.45) is 3.93. The van der Waals surface area contributed by atoms with Gasteiger partial charge in [0.05, 0.1) is 10.5 Å². The van der Waals surface area contributed by atoms with Crippen LogP contribution in [0.5, 0.6) is 0 Å². The largest absolute Gasteiger partial charge is 0.336 e. The first-order chi connectivity index (χ1) is 10.1. The van der Waals surface area contributed by atoms with E-state index in [9.17, 15) is 14.9 Å². The van der Waals surface area contributed by atoms with Gasteiger partial charge < -0.3 is 10.3 Å². The first kappa shape index (κ1) is 15.2. The number of anilines is 1. The van der Waals surface area contributed by atoms with Crippen molar-refractivity contribution in [2.45, 2.75) is 38.6 Å². The van der Waals surface area contributed by atoms with Crippen molar-refractivity contribution in [2.75, 3.05) is 12.0 Å². The van der Waals surface area contributed by atoms with Crippen LogP contribution in [-0.2, 0) is 0 Å². The van der Waals surface area contributed by atoms with Gasteiger partial charge in [0.1, 0.15) is 5.69 Å². The number of amides is 1. The number of hydrogen-bond acceptors (Lipinski definition) is 5. The zero-order valence-electron chi connectivity index (χ0n) is 12.0. The Labute approximate surface area is 123 Å². The number of piperidine rings is 1. The molecule has 1 aliphatic rings. The number of hydrogen-bond donors (Lipinski definition) is 2. The molecule has 3 N–H and O–H groups in total. The molecule has 1 aliphatic heterocycles. The summed E-state index contributed by atoms with van der Waals surface area (Å²) >= 11 is 0. The molecule has 21 heavy (non-hydrogen) atoms. The number of nitro benzene ring substituents is 1. The van der Waals surface area contributed by atoms with Crippen LogP contribution >= 0.6 is 0 Å². The number of nitrogens with one attached hydrogen (secondary N) is 1. The van der Waals surface area contributed by atoms with E-state index in [2.05, 4.69) is 5.43 Å². The number of hydrazine groups is 1. The minimum absolute atomic E-state index is 0.0768. The van der Waals surface area contributed by atoms with Crippen LogP contribution in [0.3, 0.4) is 0 Å². The average Bonchev–Trinajstić information content (AvgIpc) is 2.53. The molecule has 114 valence electrons. The van der Waals surface area contributed by atoms with Gasteiger partial charge in [-0.3, -0.25) is 20.8 Å². The molecule has 0 aromatic heterocycles. The van der Waals surface area contributed by atoms with E-state index in [4.69, 9.17) is 5.84 Å². The van der Waals surface area contributed by atoms with Crippen molar-refractivity contribution >= 4 is 17.3 Å². The maximum absolute atomic E-state index is 12.7. The van der Waals surface area contributed by atoms with E-state index in [1.165, 1.54) is 12.1 Å². The lowest BCUT2D eigenvalue weighted by atomic mass is 9.98. The Hall–Kier alpha value is -2.15. The quantitative estimate of drug-likeness (QED) is 0.503. The summed E-state index contributed by atoms with van der Waals surface area (Å²) in [5.74, 6) is 5.20. The summed E-state index contributed by atoms with van der Waals surface area (Å²) in [5.41, 5.74) is 2.46. The van der Waals surface area contributed by atoms with Gasteiger partial charge in [-0.1, -0.05) is 13.0 Å². The molecule has 1 atom stereocenters. The van der Waals surface area contributed by atoms with Gasteiger partial charge >= 0.3 is 0 Å². The molecule has 7 nitrogen and oxygen atoms in total. The second-order valence-corrected chi connectivity index (χ2v) is 5.16. The van der Waals surface area contributed by atoms with E-state index in [0.29, 0.717) is 6.54 Å². The molecule has 1 heterocycles. The maximum Gasteiger partial charge on any atom is 0.294 e. The Kier molecular flexibility index (Phi) is 4.74. The van der Waals surface area contributed by atoms with Gasteiger partial charge in [0.15, 0.2) is 0 Å². The number of carbonyl (C=O) groups is 1. The number of nitrogens with zero attached hydrogens (tertiary/aromatic N) is 2. The fourth-order valence-corrected chi connectivity index (χ4v) is 2.87. The predicted molar refractivity (Wildman–Crippen MR) is 79.9 cm³/mol. The Morgan fingerprint density at radius 3 is 2.90 bits per heavy atom. The summed E-state index contributed by atoms with van der Waals surface area (Å²) in [6, 6.07) is 4.61. The summed E-state index contributed by atoms with van der Waals surface area (Å²) in [6.45, 7) is 2.73. The lowest BCUT2D eigenvalue weighted by Gasteiger charge is -2.35. The highest BCUT2D eigenvalue weighted by atomic mass is 16.6. The predicted octanol–water partition coefficient (Wildman–Crippen LogP) is 2.29. The lowest BCUT2D eigenvalue weighted by molar-refractivity contribution is -0.384. The summed E-state index contributed by atoms with van der Waals surface area (Å²) in [4.78, 5) is 25.0. The number of nitro groups is 1. The van der Waals surface area contributed by atoms with E-state index >= 15 is 0 Å². The van der Waals surface area contributed by atoms with Crippen LogP contribution in [0.2, 0.25) is 0 Å². The number of nitrogens with two attached hydrogens (primary N) is 1. The van der Waals surface area contributed by atoms with Gasteiger partial charge in [0, 0.05) is 18.7 Å². The third kappa shape index (κ3) is 2.97. The molecule has 0 saturated carbocycles. The highest BCUT2D eigenvalue weighted by molar-refractivity contribution is 6.01. The van der Waals surface area contributed by atoms with Crippen molar-refractivity contribution in [3.63, 3.8) is 0 Å². The maximum atomic E-state index is 12.7. The Morgan fingerprint density at radius 2 is 2.29 bits per heavy atom. The Balaban J connectivity index is 2.38. The van der Waals surface area contributed by atoms with Gasteiger partial charge in [-0.25, -0.2) is 0 Å². The van der Waals surface area contributed by atoms with Crippen LogP contribution < -0.4 is 11.3 Å². The molecule has 1 aromatic carbocycles. The zero-order valence-corrected chi connectivity index (χ0v) is 12.0. The third-order valence-electron chi connectivity index (χ3n) is 3.97. The third-order valence-corrected chi connectivity index (χ3v) is 3.97. The molecule has 1 amide bonds. The Bertz CT molecular complexity index is 547. The van der Waals surface area contributed by atoms with Crippen molar-refractivity contribution < 1.29 is 9.72 Å². The molecule has 0 bridgehead atoms. The van der Waals surface area contributed by atoms with Crippen LogP contribution in [-0.4, -0.2) is 28.3 Å². The number of carbonyl (C=O) groups excluding carboxylic acids is 1. The number of rotatable bonds is 4. The van der Waals surface area contributed by atoms with Crippen molar-refractivity contribution in [1.82, 2.24) is 4.90 Å². The molecule has 1 aromatic rings. The zero-order chi connectivity index (χ0) is 15.4. The van der Waals surface area contributed by atoms with Gasteiger partial charge in [0.2, 0.25) is 0 Å². The standard InChI is InChI=1S/C14H20N4O3/c1-2-10-6-3-4-9-17(10)14(19)11-7-5-8-12(18(20)21)13(11)16-15/h5,7-8,10,16H,2-4,6,9,15H2,1H3. The van der Waals surface area contributed by atoms with Crippen molar-refractivity contribution in [3.8, 4) is 0 Å². The second-order valence-electron chi connectivity index (χ2n) is 5.16. The normalized spacial score (nSPS) is 18.4. The van der Waals surface area contributed by atoms with Gasteiger partial charge in [-0.2, -0.15) is 0 Å². The molecule has 0 radical (unpaired) electrons. The molecule has 7 heteroatoms. The first-order valence-electron chi connectivity index (χ1n) is 7.15. The van der Waals surface area contributed by atoms with Gasteiger partial charge in [-0.05, 0) is 31.7 Å². The second kappa shape index (κ2) is 6.53. The minimum Gasteiger partial charge on any atom is -0.336 e. The number of likely N-dealkylation sites (tertiary alicyclic amines) is 1. The van der Waals surface area contributed by atoms with Crippen molar-refractivity contribution in [3.05, 3.63) is 33.9 Å².